The molecule has 34 heavy (non-hydrogen) atoms. The smallest absolute Gasteiger partial charge is 0.338 e. The number of morpholine rings is 1. The molecule has 0 aliphatic carbocycles. The number of esters is 1. The van der Waals surface area contributed by atoms with Crippen LogP contribution in [0.3, 0.4) is 0 Å². The van der Waals surface area contributed by atoms with Gasteiger partial charge in [-0.2, -0.15) is 10.4 Å². The van der Waals surface area contributed by atoms with Crippen LogP contribution < -0.4 is 4.74 Å². The zero-order valence-electron chi connectivity index (χ0n) is 19.2. The van der Waals surface area contributed by atoms with Gasteiger partial charge in [0.25, 0.3) is 0 Å². The fourth-order valence-corrected chi connectivity index (χ4v) is 4.52. The molecular weight excluding hydrogens is 434 g/mol. The van der Waals surface area contributed by atoms with Crippen molar-refractivity contribution in [1.29, 1.82) is 5.26 Å². The third-order valence-electron chi connectivity index (χ3n) is 6.48. The second-order valence-corrected chi connectivity index (χ2v) is 8.44. The van der Waals surface area contributed by atoms with E-state index in [1.165, 1.54) is 13.3 Å². The van der Waals surface area contributed by atoms with E-state index in [0.29, 0.717) is 35.9 Å². The lowest BCUT2D eigenvalue weighted by Crippen LogP contribution is -2.39. The van der Waals surface area contributed by atoms with Gasteiger partial charge in [-0.25, -0.2) is 14.5 Å². The zero-order chi connectivity index (χ0) is 23.7. The number of carbonyl (C=O) groups excluding carboxylic acids is 1. The molecule has 1 atom stereocenters. The number of pyridine rings is 1. The predicted octanol–water partition coefficient (Wildman–Crippen LogP) is 2.74. The van der Waals surface area contributed by atoms with Crippen molar-refractivity contribution in [2.45, 2.75) is 26.1 Å². The molecule has 2 aliphatic rings. The highest BCUT2D eigenvalue weighted by atomic mass is 16.5. The molecule has 3 aromatic rings. The summed E-state index contributed by atoms with van der Waals surface area (Å²) in [6, 6.07) is 7.63. The molecule has 9 heteroatoms. The van der Waals surface area contributed by atoms with E-state index < -0.39 is 0 Å². The molecule has 1 saturated heterocycles. The van der Waals surface area contributed by atoms with Crippen LogP contribution in [0.4, 0.5) is 0 Å². The lowest BCUT2D eigenvalue weighted by molar-refractivity contribution is -0.0298. The number of hydrogen-bond donors (Lipinski definition) is 0. The van der Waals surface area contributed by atoms with Crippen LogP contribution in [0, 0.1) is 18.3 Å². The second kappa shape index (κ2) is 9.25. The maximum Gasteiger partial charge on any atom is 0.338 e. The largest absolute Gasteiger partial charge is 0.495 e. The van der Waals surface area contributed by atoms with Gasteiger partial charge >= 0.3 is 5.97 Å². The zero-order valence-corrected chi connectivity index (χ0v) is 19.2. The first-order chi connectivity index (χ1) is 16.6. The molecule has 9 nitrogen and oxygen atoms in total. The van der Waals surface area contributed by atoms with Crippen LogP contribution in [0.2, 0.25) is 0 Å². The Morgan fingerprint density at radius 1 is 1.32 bits per heavy atom. The number of carbonyl (C=O) groups is 1. The number of rotatable bonds is 6. The molecule has 4 heterocycles. The topological polar surface area (TPSA) is 102 Å². The van der Waals surface area contributed by atoms with Crippen LogP contribution in [-0.4, -0.2) is 59.0 Å². The Morgan fingerprint density at radius 3 is 3.03 bits per heavy atom. The third kappa shape index (κ3) is 4.14. The second-order valence-electron chi connectivity index (χ2n) is 8.44. The van der Waals surface area contributed by atoms with Gasteiger partial charge in [0.1, 0.15) is 24.0 Å². The summed E-state index contributed by atoms with van der Waals surface area (Å²) in [6.45, 7) is 5.57. The number of benzene rings is 1. The summed E-state index contributed by atoms with van der Waals surface area (Å²) < 4.78 is 18.2. The molecule has 0 amide bonds. The van der Waals surface area contributed by atoms with E-state index in [2.05, 4.69) is 21.1 Å². The van der Waals surface area contributed by atoms with E-state index in [0.717, 1.165) is 48.3 Å². The van der Waals surface area contributed by atoms with Crippen molar-refractivity contribution in [2.24, 2.45) is 0 Å². The molecule has 1 unspecified atom stereocenters. The average molecular weight is 460 g/mol. The predicted molar refractivity (Wildman–Crippen MR) is 122 cm³/mol. The van der Waals surface area contributed by atoms with Crippen molar-refractivity contribution >= 4 is 5.97 Å². The van der Waals surface area contributed by atoms with Gasteiger partial charge in [-0.05, 0) is 36.1 Å². The van der Waals surface area contributed by atoms with Gasteiger partial charge < -0.3 is 14.2 Å². The van der Waals surface area contributed by atoms with Crippen molar-refractivity contribution in [3.8, 4) is 17.6 Å². The highest BCUT2D eigenvalue weighted by Gasteiger charge is 2.28. The lowest BCUT2D eigenvalue weighted by Gasteiger charge is -2.34. The molecular formula is C25H25N5O4. The van der Waals surface area contributed by atoms with Crippen molar-refractivity contribution < 1.29 is 19.0 Å². The summed E-state index contributed by atoms with van der Waals surface area (Å²) in [5.41, 5.74) is 5.33. The average Bonchev–Trinajstić information content (AvgIpc) is 3.50. The van der Waals surface area contributed by atoms with E-state index in [-0.39, 0.29) is 12.1 Å². The number of cyclic esters (lactones) is 1. The highest BCUT2D eigenvalue weighted by molar-refractivity contribution is 5.93. The van der Waals surface area contributed by atoms with Crippen LogP contribution in [-0.2, 0) is 22.5 Å². The molecule has 2 aliphatic heterocycles. The minimum absolute atomic E-state index is 0.0345. The Balaban J connectivity index is 1.24. The number of ether oxygens (including phenoxy) is 3. The molecule has 174 valence electrons. The van der Waals surface area contributed by atoms with E-state index in [9.17, 15) is 4.79 Å². The molecule has 0 N–H and O–H groups in total. The first kappa shape index (κ1) is 22.1. The first-order valence-electron chi connectivity index (χ1n) is 11.2. The number of nitrogens with zero attached hydrogens (tertiary/aromatic N) is 5. The maximum atomic E-state index is 11.8. The third-order valence-corrected chi connectivity index (χ3v) is 6.48. The van der Waals surface area contributed by atoms with Gasteiger partial charge in [0.05, 0.1) is 37.8 Å². The van der Waals surface area contributed by atoms with Crippen LogP contribution in [0.25, 0.3) is 5.82 Å². The highest BCUT2D eigenvalue weighted by Crippen LogP contribution is 2.32. The Labute approximate surface area is 197 Å². The van der Waals surface area contributed by atoms with Gasteiger partial charge in [0, 0.05) is 37.5 Å². The number of hydrogen-bond acceptors (Lipinski definition) is 8. The van der Waals surface area contributed by atoms with Crippen LogP contribution in [0.1, 0.15) is 44.3 Å². The fourth-order valence-electron chi connectivity index (χ4n) is 4.52. The van der Waals surface area contributed by atoms with Gasteiger partial charge in [-0.1, -0.05) is 6.07 Å². The minimum Gasteiger partial charge on any atom is -0.495 e. The van der Waals surface area contributed by atoms with Crippen molar-refractivity contribution in [3.63, 3.8) is 0 Å². The minimum atomic E-state index is -0.244. The van der Waals surface area contributed by atoms with Gasteiger partial charge in [-0.3, -0.25) is 4.90 Å². The van der Waals surface area contributed by atoms with E-state index in [1.807, 2.05) is 31.5 Å². The van der Waals surface area contributed by atoms with Crippen LogP contribution in [0.15, 0.2) is 36.8 Å². The summed E-state index contributed by atoms with van der Waals surface area (Å²) in [7, 11) is 1.53. The molecule has 5 rings (SSSR count). The van der Waals surface area contributed by atoms with Gasteiger partial charge in [0.2, 0.25) is 0 Å². The molecule has 0 bridgehead atoms. The number of aromatic nitrogens is 3. The van der Waals surface area contributed by atoms with Crippen molar-refractivity contribution in [1.82, 2.24) is 19.7 Å². The summed E-state index contributed by atoms with van der Waals surface area (Å²) in [6.07, 6.45) is 6.09. The van der Waals surface area contributed by atoms with Gasteiger partial charge in [-0.15, -0.1) is 0 Å². The Hall–Kier alpha value is -3.74. The van der Waals surface area contributed by atoms with E-state index in [4.69, 9.17) is 19.5 Å². The summed E-state index contributed by atoms with van der Waals surface area (Å²) >= 11 is 0. The normalized spacial score (nSPS) is 17.8. The lowest BCUT2D eigenvalue weighted by atomic mass is 9.94. The monoisotopic (exact) mass is 459 g/mol. The van der Waals surface area contributed by atoms with Crippen molar-refractivity contribution in [3.05, 3.63) is 70.2 Å². The molecule has 1 fully saturated rings. The van der Waals surface area contributed by atoms with Gasteiger partial charge in [0.15, 0.2) is 5.82 Å². The van der Waals surface area contributed by atoms with E-state index in [1.54, 1.807) is 10.7 Å². The molecule has 0 saturated carbocycles. The molecule has 0 radical (unpaired) electrons. The molecule has 0 spiro atoms. The van der Waals surface area contributed by atoms with E-state index >= 15 is 0 Å². The Morgan fingerprint density at radius 2 is 2.21 bits per heavy atom. The first-order valence-corrected chi connectivity index (χ1v) is 11.2. The standard InChI is InChI=1S/C25H25N5O4/c1-16-19(3-4-20-21(16)15-34-25(20)31)23-14-29(7-8-33-23)6-5-17-11-28-30(13-17)24-9-22(32-2)18(10-26)12-27-24/h3-4,9,11-13,23H,5-8,14-15H2,1-2H3. The fraction of sp³-hybridized carbons (Fsp3) is 0.360. The summed E-state index contributed by atoms with van der Waals surface area (Å²) in [5, 5.41) is 13.6. The quantitative estimate of drug-likeness (QED) is 0.519. The maximum absolute atomic E-state index is 11.8. The molecule has 2 aromatic heterocycles. The molecule has 1 aromatic carbocycles. The van der Waals surface area contributed by atoms with Crippen LogP contribution in [0.5, 0.6) is 5.75 Å². The number of methoxy groups -OCH3 is 1. The summed E-state index contributed by atoms with van der Waals surface area (Å²) in [4.78, 5) is 18.5. The Bertz CT molecular complexity index is 1280. The number of nitriles is 1. The van der Waals surface area contributed by atoms with Crippen LogP contribution >= 0.6 is 0 Å². The van der Waals surface area contributed by atoms with Crippen molar-refractivity contribution in [2.75, 3.05) is 33.4 Å². The SMILES string of the molecule is COc1cc(-n2cc(CCN3CCOC(c4ccc5c(c4C)COC5=O)C3)cn2)ncc1C#N. The summed E-state index contributed by atoms with van der Waals surface area (Å²) in [5.74, 6) is 0.829. The Kier molecular flexibility index (Phi) is 6.01. The number of fused-ring (bicyclic) bond motifs is 1.